The van der Waals surface area contributed by atoms with Crippen LogP contribution in [0.4, 0.5) is 0 Å². The molecule has 130 valence electrons. The molecule has 0 bridgehead atoms. The lowest BCUT2D eigenvalue weighted by Crippen LogP contribution is -2.32. The van der Waals surface area contributed by atoms with Crippen molar-refractivity contribution >= 4 is 10.9 Å². The second kappa shape index (κ2) is 6.84. The number of para-hydroxylation sites is 1. The summed E-state index contributed by atoms with van der Waals surface area (Å²) in [7, 11) is 3.24. The van der Waals surface area contributed by atoms with E-state index in [2.05, 4.69) is 4.98 Å². The lowest BCUT2D eigenvalue weighted by atomic mass is 9.96. The minimum Gasteiger partial charge on any atom is -0.497 e. The molecule has 3 aromatic rings. The molecule has 0 amide bonds. The van der Waals surface area contributed by atoms with E-state index in [4.69, 9.17) is 15.3 Å². The van der Waals surface area contributed by atoms with Crippen LogP contribution in [0.3, 0.4) is 0 Å². The first kappa shape index (κ1) is 16.8. The lowest BCUT2D eigenvalue weighted by molar-refractivity contribution is 0.388. The number of ether oxygens (including phenoxy) is 2. The molecule has 0 radical (unpaired) electrons. The van der Waals surface area contributed by atoms with Crippen LogP contribution in [0.1, 0.15) is 24.2 Å². The Kier molecular flexibility index (Phi) is 4.61. The van der Waals surface area contributed by atoms with Gasteiger partial charge in [-0.15, -0.1) is 0 Å². The summed E-state index contributed by atoms with van der Waals surface area (Å²) in [6.07, 6.45) is 0.513. The predicted octanol–water partition coefficient (Wildman–Crippen LogP) is 2.47. The molecular weight excluding hydrogens is 318 g/mol. The normalized spacial score (nSPS) is 12.1. The van der Waals surface area contributed by atoms with Crippen molar-refractivity contribution < 1.29 is 9.47 Å². The molecule has 0 fully saturated rings. The van der Waals surface area contributed by atoms with Gasteiger partial charge in [-0.2, -0.15) is 0 Å². The van der Waals surface area contributed by atoms with Gasteiger partial charge in [-0.3, -0.25) is 4.79 Å². The molecular formula is C19H21N3O3. The van der Waals surface area contributed by atoms with Gasteiger partial charge in [0.1, 0.15) is 17.3 Å². The maximum absolute atomic E-state index is 12.4. The van der Waals surface area contributed by atoms with Crippen LogP contribution >= 0.6 is 0 Å². The summed E-state index contributed by atoms with van der Waals surface area (Å²) in [4.78, 5) is 17.0. The number of aromatic nitrogens is 2. The van der Waals surface area contributed by atoms with E-state index in [-0.39, 0.29) is 11.5 Å². The molecule has 1 heterocycles. The highest BCUT2D eigenvalue weighted by Gasteiger charge is 2.17. The largest absolute Gasteiger partial charge is 0.497 e. The number of benzene rings is 2. The highest BCUT2D eigenvalue weighted by molar-refractivity contribution is 5.77. The highest BCUT2D eigenvalue weighted by Crippen LogP contribution is 2.32. The summed E-state index contributed by atoms with van der Waals surface area (Å²) >= 11 is 0. The van der Waals surface area contributed by atoms with Crippen molar-refractivity contribution in [2.45, 2.75) is 19.3 Å². The number of methoxy groups -OCH3 is 2. The first-order valence-electron chi connectivity index (χ1n) is 8.02. The van der Waals surface area contributed by atoms with Gasteiger partial charge in [0.2, 0.25) is 0 Å². The first-order chi connectivity index (χ1) is 12.0. The van der Waals surface area contributed by atoms with Gasteiger partial charge in [0.25, 0.3) is 5.56 Å². The zero-order valence-corrected chi connectivity index (χ0v) is 14.5. The van der Waals surface area contributed by atoms with Crippen LogP contribution in [0.5, 0.6) is 11.5 Å². The van der Waals surface area contributed by atoms with Crippen molar-refractivity contribution in [2.24, 2.45) is 0 Å². The summed E-state index contributed by atoms with van der Waals surface area (Å²) < 4.78 is 11.8. The van der Waals surface area contributed by atoms with E-state index in [0.717, 1.165) is 21.7 Å². The van der Waals surface area contributed by atoms with Crippen molar-refractivity contribution in [2.75, 3.05) is 20.1 Å². The van der Waals surface area contributed by atoms with Crippen molar-refractivity contribution in [1.82, 2.24) is 9.66 Å². The zero-order chi connectivity index (χ0) is 18.0. The number of rotatable bonds is 5. The molecule has 2 N–H and O–H groups in total. The molecule has 0 saturated carbocycles. The van der Waals surface area contributed by atoms with Crippen LogP contribution in [0.2, 0.25) is 0 Å². The SMILES string of the molecule is COc1ccc(C(C)Cc2nc3ccccc3c(=O)n2N)c(OC)c1. The standard InChI is InChI=1S/C19H21N3O3/c1-12(14-9-8-13(24-2)11-17(14)25-3)10-18-21-16-7-5-4-6-15(16)19(23)22(18)20/h4-9,11-12H,10,20H2,1-3H3. The Hall–Kier alpha value is -3.02. The second-order valence-electron chi connectivity index (χ2n) is 5.93. The van der Waals surface area contributed by atoms with E-state index in [1.807, 2.05) is 37.3 Å². The molecule has 6 heteroatoms. The Morgan fingerprint density at radius 1 is 1.16 bits per heavy atom. The van der Waals surface area contributed by atoms with E-state index in [1.54, 1.807) is 26.4 Å². The fourth-order valence-electron chi connectivity index (χ4n) is 2.95. The van der Waals surface area contributed by atoms with Crippen LogP contribution in [-0.2, 0) is 6.42 Å². The maximum Gasteiger partial charge on any atom is 0.279 e. The summed E-state index contributed by atoms with van der Waals surface area (Å²) in [6.45, 7) is 2.05. The molecule has 1 aromatic heterocycles. The number of hydrogen-bond acceptors (Lipinski definition) is 5. The first-order valence-corrected chi connectivity index (χ1v) is 8.02. The Morgan fingerprint density at radius 2 is 1.92 bits per heavy atom. The van der Waals surface area contributed by atoms with Crippen LogP contribution in [-0.4, -0.2) is 23.9 Å². The molecule has 1 unspecified atom stereocenters. The number of fused-ring (bicyclic) bond motifs is 1. The molecule has 0 spiro atoms. The fourth-order valence-corrected chi connectivity index (χ4v) is 2.95. The molecule has 2 aromatic carbocycles. The van der Waals surface area contributed by atoms with E-state index in [1.165, 1.54) is 0 Å². The quantitative estimate of drug-likeness (QED) is 0.723. The fraction of sp³-hybridized carbons (Fsp3) is 0.263. The Morgan fingerprint density at radius 3 is 2.64 bits per heavy atom. The Labute approximate surface area is 145 Å². The van der Waals surface area contributed by atoms with Gasteiger partial charge in [-0.05, 0) is 29.7 Å². The van der Waals surface area contributed by atoms with Crippen molar-refractivity contribution in [3.05, 3.63) is 64.2 Å². The molecule has 25 heavy (non-hydrogen) atoms. The number of nitrogens with two attached hydrogens (primary N) is 1. The second-order valence-corrected chi connectivity index (χ2v) is 5.93. The van der Waals surface area contributed by atoms with Gasteiger partial charge in [0, 0.05) is 12.5 Å². The van der Waals surface area contributed by atoms with Crippen LogP contribution < -0.4 is 20.9 Å². The molecule has 0 aliphatic carbocycles. The van der Waals surface area contributed by atoms with Crippen molar-refractivity contribution in [1.29, 1.82) is 0 Å². The molecule has 0 aliphatic rings. The van der Waals surface area contributed by atoms with Gasteiger partial charge in [0.15, 0.2) is 0 Å². The maximum atomic E-state index is 12.4. The predicted molar refractivity (Wildman–Crippen MR) is 97.8 cm³/mol. The molecule has 3 rings (SSSR count). The molecule has 0 aliphatic heterocycles. The van der Waals surface area contributed by atoms with Crippen molar-refractivity contribution in [3.63, 3.8) is 0 Å². The van der Waals surface area contributed by atoms with Gasteiger partial charge < -0.3 is 15.3 Å². The highest BCUT2D eigenvalue weighted by atomic mass is 16.5. The minimum absolute atomic E-state index is 0.0590. The summed E-state index contributed by atoms with van der Waals surface area (Å²) in [5, 5.41) is 0.517. The smallest absolute Gasteiger partial charge is 0.279 e. The van der Waals surface area contributed by atoms with Crippen LogP contribution in [0.25, 0.3) is 10.9 Å². The van der Waals surface area contributed by atoms with E-state index >= 15 is 0 Å². The van der Waals surface area contributed by atoms with Gasteiger partial charge >= 0.3 is 0 Å². The number of hydrogen-bond donors (Lipinski definition) is 1. The zero-order valence-electron chi connectivity index (χ0n) is 14.5. The van der Waals surface area contributed by atoms with Crippen LogP contribution in [0.15, 0.2) is 47.3 Å². The summed E-state index contributed by atoms with van der Waals surface area (Å²) in [6, 6.07) is 12.9. The monoisotopic (exact) mass is 339 g/mol. The third-order valence-electron chi connectivity index (χ3n) is 4.34. The third kappa shape index (κ3) is 3.15. The minimum atomic E-state index is -0.241. The molecule has 1 atom stereocenters. The molecule has 6 nitrogen and oxygen atoms in total. The van der Waals surface area contributed by atoms with Crippen molar-refractivity contribution in [3.8, 4) is 11.5 Å². The number of nitrogens with zero attached hydrogens (tertiary/aromatic N) is 2. The van der Waals surface area contributed by atoms with Gasteiger partial charge in [-0.1, -0.05) is 25.1 Å². The van der Waals surface area contributed by atoms with E-state index in [0.29, 0.717) is 23.1 Å². The number of nitrogen functional groups attached to an aromatic ring is 1. The van der Waals surface area contributed by atoms with Crippen LogP contribution in [0, 0.1) is 0 Å². The lowest BCUT2D eigenvalue weighted by Gasteiger charge is -2.17. The Bertz CT molecular complexity index is 966. The summed E-state index contributed by atoms with van der Waals surface area (Å²) in [5.41, 5.74) is 1.42. The van der Waals surface area contributed by atoms with Gasteiger partial charge in [-0.25, -0.2) is 9.66 Å². The average molecular weight is 339 g/mol. The Balaban J connectivity index is 1.99. The third-order valence-corrected chi connectivity index (χ3v) is 4.34. The molecule has 0 saturated heterocycles. The summed E-state index contributed by atoms with van der Waals surface area (Å²) in [5.74, 6) is 8.04. The average Bonchev–Trinajstić information content (AvgIpc) is 2.65. The van der Waals surface area contributed by atoms with E-state index < -0.39 is 0 Å². The topological polar surface area (TPSA) is 79.4 Å². The van der Waals surface area contributed by atoms with E-state index in [9.17, 15) is 4.79 Å². The van der Waals surface area contributed by atoms with Gasteiger partial charge in [0.05, 0.1) is 25.1 Å².